The normalized spacial score (nSPS) is 17.9. The zero-order valence-electron chi connectivity index (χ0n) is 27.8. The van der Waals surface area contributed by atoms with E-state index in [1.54, 1.807) is 22.6 Å². The predicted molar refractivity (Wildman–Crippen MR) is 181 cm³/mol. The van der Waals surface area contributed by atoms with Crippen LogP contribution in [0.3, 0.4) is 0 Å². The van der Waals surface area contributed by atoms with E-state index in [4.69, 9.17) is 16.3 Å². The Balaban J connectivity index is 1.46. The summed E-state index contributed by atoms with van der Waals surface area (Å²) < 4.78 is 7.24. The Labute approximate surface area is 294 Å². The number of nitrogens with zero attached hydrogens (tertiary/aromatic N) is 7. The molecule has 2 atom stereocenters. The highest BCUT2D eigenvalue weighted by molar-refractivity contribution is 8.00. The van der Waals surface area contributed by atoms with Crippen LogP contribution < -0.4 is 16.1 Å². The molecule has 0 unspecified atom stereocenters. The lowest BCUT2D eigenvalue weighted by molar-refractivity contribution is -0.765. The van der Waals surface area contributed by atoms with Crippen molar-refractivity contribution in [1.29, 1.82) is 0 Å². The molecular formula is C30H38N9O9S2+. The summed E-state index contributed by atoms with van der Waals surface area (Å²) in [5.41, 5.74) is 10.5. The first kappa shape index (κ1) is 37.8. The molecule has 6 N–H and O–H groups in total. The number of ketones is 3. The lowest BCUT2D eigenvalue weighted by atomic mass is 9.89. The topological polar surface area (TPSA) is 267 Å². The van der Waals surface area contributed by atoms with Crippen LogP contribution in [0.2, 0.25) is 0 Å². The Bertz CT molecular complexity index is 1810. The molecule has 1 saturated heterocycles. The van der Waals surface area contributed by atoms with Gasteiger partial charge in [-0.15, -0.1) is 21.1 Å². The highest BCUT2D eigenvalue weighted by atomic mass is 32.2. The number of thioether (sulfide) groups is 1. The fourth-order valence-corrected chi connectivity index (χ4v) is 6.94. The molecule has 0 bridgehead atoms. The van der Waals surface area contributed by atoms with E-state index in [1.807, 2.05) is 0 Å². The van der Waals surface area contributed by atoms with Gasteiger partial charge in [0, 0.05) is 61.3 Å². The Morgan fingerprint density at radius 1 is 1.22 bits per heavy atom. The van der Waals surface area contributed by atoms with Gasteiger partial charge in [-0.1, -0.05) is 5.16 Å². The summed E-state index contributed by atoms with van der Waals surface area (Å²) >= 11 is 2.07. The summed E-state index contributed by atoms with van der Waals surface area (Å²) in [6.45, 7) is 4.42. The van der Waals surface area contributed by atoms with Crippen molar-refractivity contribution in [3.05, 3.63) is 28.9 Å². The largest absolute Gasteiger partial charge is 0.478 e. The maximum atomic E-state index is 13.4. The highest BCUT2D eigenvalue weighted by Crippen LogP contribution is 2.45. The van der Waals surface area contributed by atoms with Crippen molar-refractivity contribution in [2.45, 2.75) is 70.4 Å². The minimum absolute atomic E-state index is 0.00713. The maximum absolute atomic E-state index is 13.4. The van der Waals surface area contributed by atoms with Gasteiger partial charge in [0.1, 0.15) is 17.3 Å². The number of carbonyl (C=O) groups is 6. The van der Waals surface area contributed by atoms with E-state index < -0.39 is 52.7 Å². The van der Waals surface area contributed by atoms with Crippen LogP contribution in [0.15, 0.2) is 27.6 Å². The SMILES string of the molecule is CC(=O)CC=NCCCC(=O)Cc1c[n+](CC2=C(C(=O)O)N3C(=O)[C@@H](CC(=O)/C(=N\OC(C)(C)C(=O)O)c4nsc(N)n4)[C@H]3SC2)n(C)c1N. The third-order valence-electron chi connectivity index (χ3n) is 7.92. The van der Waals surface area contributed by atoms with E-state index in [0.717, 1.165) is 16.4 Å². The number of carbonyl (C=O) groups excluding carboxylic acids is 4. The van der Waals surface area contributed by atoms with Crippen LogP contribution in [-0.4, -0.2) is 99.5 Å². The van der Waals surface area contributed by atoms with Gasteiger partial charge in [0.15, 0.2) is 29.0 Å². The van der Waals surface area contributed by atoms with Crippen molar-refractivity contribution in [1.82, 2.24) is 18.9 Å². The van der Waals surface area contributed by atoms with Crippen LogP contribution in [0.1, 0.15) is 57.8 Å². The third-order valence-corrected chi connectivity index (χ3v) is 9.86. The number of carboxylic acids is 2. The highest BCUT2D eigenvalue weighted by Gasteiger charge is 2.54. The van der Waals surface area contributed by atoms with Crippen molar-refractivity contribution in [3.8, 4) is 0 Å². The smallest absolute Gasteiger partial charge is 0.352 e. The summed E-state index contributed by atoms with van der Waals surface area (Å²) in [6.07, 6.45) is 3.93. The van der Waals surface area contributed by atoms with Crippen molar-refractivity contribution >= 4 is 81.4 Å². The van der Waals surface area contributed by atoms with E-state index in [2.05, 4.69) is 19.5 Å². The van der Waals surface area contributed by atoms with E-state index in [1.165, 1.54) is 38.7 Å². The van der Waals surface area contributed by atoms with Crippen LogP contribution in [0.25, 0.3) is 0 Å². The summed E-state index contributed by atoms with van der Waals surface area (Å²) in [6, 6.07) is 0. The van der Waals surface area contributed by atoms with E-state index in [9.17, 15) is 39.0 Å². The van der Waals surface area contributed by atoms with Crippen LogP contribution in [-0.2, 0) is 53.6 Å². The van der Waals surface area contributed by atoms with Gasteiger partial charge in [-0.2, -0.15) is 9.36 Å². The number of β-lactam (4-membered cyclic amide) rings is 1. The van der Waals surface area contributed by atoms with Crippen LogP contribution in [0.4, 0.5) is 10.9 Å². The Morgan fingerprint density at radius 2 is 1.94 bits per heavy atom. The average molecular weight is 733 g/mol. The number of aliphatic carboxylic acids is 2. The summed E-state index contributed by atoms with van der Waals surface area (Å²) in [5.74, 6) is -4.55. The van der Waals surface area contributed by atoms with Crippen LogP contribution >= 0.6 is 23.3 Å². The molecule has 20 heteroatoms. The Morgan fingerprint density at radius 3 is 2.56 bits per heavy atom. The lowest BCUT2D eigenvalue weighted by Crippen LogP contribution is -2.62. The fraction of sp³-hybridized carbons (Fsp3) is 0.500. The van der Waals surface area contributed by atoms with Gasteiger partial charge in [0.2, 0.25) is 23.5 Å². The second-order valence-electron chi connectivity index (χ2n) is 12.2. The second kappa shape index (κ2) is 15.7. The molecule has 4 heterocycles. The van der Waals surface area contributed by atoms with Crippen molar-refractivity contribution < 1.29 is 48.5 Å². The molecule has 2 aliphatic rings. The number of amides is 1. The molecule has 2 aromatic heterocycles. The maximum Gasteiger partial charge on any atom is 0.352 e. The fourth-order valence-electron chi connectivity index (χ4n) is 5.10. The molecule has 0 aliphatic carbocycles. The molecule has 4 rings (SSSR count). The molecule has 0 radical (unpaired) electrons. The predicted octanol–water partition coefficient (Wildman–Crippen LogP) is 0.384. The molecule has 18 nitrogen and oxygen atoms in total. The molecule has 0 saturated carbocycles. The number of hydrogen-bond acceptors (Lipinski definition) is 15. The molecule has 268 valence electrons. The van der Waals surface area contributed by atoms with Gasteiger partial charge < -0.3 is 26.5 Å². The van der Waals surface area contributed by atoms with Gasteiger partial charge in [-0.25, -0.2) is 9.59 Å². The van der Waals surface area contributed by atoms with Crippen molar-refractivity contribution in [2.24, 2.45) is 23.1 Å². The van der Waals surface area contributed by atoms with Crippen molar-refractivity contribution in [2.75, 3.05) is 23.8 Å². The standard InChI is InChI=1S/C30H37N9O9S2/c1-15(40)7-9-33-8-5-6-18(41)10-16-12-38(37(4)23(16)31)13-17-14-49-26-19(25(43)39(26)22(17)27(44)45)11-20(42)21(24-34-29(32)50-36-24)35-48-30(2,3)28(46)47/h9,12,19,26,31H,5-8,10-11,13-14H2,1-4H3,(H4,32,34,36,44,45,46,47)/p+1/b33-9?,35-21+/t19-,26-/m1/s1. The minimum atomic E-state index is -1.79. The van der Waals surface area contributed by atoms with Gasteiger partial charge in [-0.05, 0) is 27.2 Å². The molecular weight excluding hydrogens is 695 g/mol. The van der Waals surface area contributed by atoms with E-state index in [-0.39, 0.29) is 59.8 Å². The molecule has 0 spiro atoms. The van der Waals surface area contributed by atoms with Gasteiger partial charge in [0.25, 0.3) is 0 Å². The molecule has 1 amide bonds. The van der Waals surface area contributed by atoms with Crippen molar-refractivity contribution in [3.63, 3.8) is 0 Å². The number of oxime groups is 1. The first-order valence-corrected chi connectivity index (χ1v) is 17.2. The van der Waals surface area contributed by atoms with E-state index >= 15 is 0 Å². The lowest BCUT2D eigenvalue weighted by Gasteiger charge is -2.49. The first-order valence-electron chi connectivity index (χ1n) is 15.4. The van der Waals surface area contributed by atoms with E-state index in [0.29, 0.717) is 29.9 Å². The summed E-state index contributed by atoms with van der Waals surface area (Å²) in [5, 5.41) is 22.6. The Hall–Kier alpha value is -4.98. The molecule has 50 heavy (non-hydrogen) atoms. The minimum Gasteiger partial charge on any atom is -0.478 e. The van der Waals surface area contributed by atoms with Crippen LogP contribution in [0, 0.1) is 5.92 Å². The first-order chi connectivity index (χ1) is 23.5. The number of aromatic nitrogens is 4. The summed E-state index contributed by atoms with van der Waals surface area (Å²) in [7, 11) is 1.68. The van der Waals surface area contributed by atoms with Crippen LogP contribution in [0.5, 0.6) is 0 Å². The number of aliphatic imine (C=N–C) groups is 1. The molecule has 2 aromatic rings. The number of hydrogen-bond donors (Lipinski definition) is 4. The summed E-state index contributed by atoms with van der Waals surface area (Å²) in [4.78, 5) is 88.8. The Kier molecular flexibility index (Phi) is 11.9. The van der Waals surface area contributed by atoms with Gasteiger partial charge >= 0.3 is 11.9 Å². The van der Waals surface area contributed by atoms with Gasteiger partial charge in [-0.3, -0.25) is 29.1 Å². The second-order valence-corrected chi connectivity index (χ2v) is 14.1. The molecule has 1 fully saturated rings. The quantitative estimate of drug-likeness (QED) is 0.0531. The number of nitrogen functional groups attached to an aromatic ring is 2. The zero-order valence-corrected chi connectivity index (χ0v) is 29.5. The third kappa shape index (κ3) is 8.59. The number of Topliss-reactive ketones (excluding diaryl/α,β-unsaturated/α-hetero) is 3. The molecule has 0 aromatic carbocycles. The zero-order chi connectivity index (χ0) is 36.9. The number of fused-ring (bicyclic) bond motifs is 1. The molecule has 2 aliphatic heterocycles. The number of anilines is 2. The number of nitrogens with two attached hydrogens (primary N) is 2. The van der Waals surface area contributed by atoms with Gasteiger partial charge in [0.05, 0.1) is 23.9 Å². The number of rotatable bonds is 18. The number of carboxylic acid groups (broad SMARTS) is 2. The average Bonchev–Trinajstić information content (AvgIpc) is 3.58. The monoisotopic (exact) mass is 732 g/mol.